The van der Waals surface area contributed by atoms with Crippen LogP contribution in [-0.4, -0.2) is 44.0 Å². The van der Waals surface area contributed by atoms with Crippen molar-refractivity contribution < 1.29 is 19.6 Å². The topological polar surface area (TPSA) is 132 Å². The molecule has 10 nitrogen and oxygen atoms in total. The first-order valence-corrected chi connectivity index (χ1v) is 9.93. The standard InChI is InChI=1S/C19H16BrN5O5/c20-13-3-4-14(15-12(13)2-1-7-21-15)30-18-16(25(28)29)17(22-10-23-18)24-8-5-11(6-9-24)19(26)27/h1-4,7,10-11H,5-6,8-9H2,(H,26,27). The van der Waals surface area contributed by atoms with Crippen molar-refractivity contribution in [1.29, 1.82) is 0 Å². The lowest BCUT2D eigenvalue weighted by Gasteiger charge is -2.30. The molecule has 1 aliphatic rings. The lowest BCUT2D eigenvalue weighted by Crippen LogP contribution is -2.37. The number of aliphatic carboxylic acids is 1. The molecule has 0 aliphatic carbocycles. The van der Waals surface area contributed by atoms with Gasteiger partial charge in [0, 0.05) is 29.1 Å². The zero-order valence-electron chi connectivity index (χ0n) is 15.6. The molecular weight excluding hydrogens is 458 g/mol. The molecule has 3 aromatic rings. The molecule has 3 heterocycles. The maximum Gasteiger partial charge on any atom is 0.373 e. The smallest absolute Gasteiger partial charge is 0.373 e. The zero-order chi connectivity index (χ0) is 21.3. The number of nitrogens with zero attached hydrogens (tertiary/aromatic N) is 5. The molecule has 1 N–H and O–H groups in total. The van der Waals surface area contributed by atoms with Crippen LogP contribution in [0.3, 0.4) is 0 Å². The van der Waals surface area contributed by atoms with Gasteiger partial charge in [-0.1, -0.05) is 22.0 Å². The van der Waals surface area contributed by atoms with E-state index in [0.29, 0.717) is 37.2 Å². The molecular formula is C19H16BrN5O5. The van der Waals surface area contributed by atoms with Gasteiger partial charge in [-0.05, 0) is 31.0 Å². The van der Waals surface area contributed by atoms with Crippen molar-refractivity contribution in [1.82, 2.24) is 15.0 Å². The van der Waals surface area contributed by atoms with Gasteiger partial charge in [0.1, 0.15) is 11.8 Å². The number of pyridine rings is 1. The Morgan fingerprint density at radius 3 is 2.70 bits per heavy atom. The average Bonchev–Trinajstić information content (AvgIpc) is 2.75. The summed E-state index contributed by atoms with van der Waals surface area (Å²) in [5.74, 6) is -1.07. The second-order valence-electron chi connectivity index (χ2n) is 6.75. The number of piperidine rings is 1. The van der Waals surface area contributed by atoms with E-state index in [0.717, 1.165) is 9.86 Å². The number of fused-ring (bicyclic) bond motifs is 1. The van der Waals surface area contributed by atoms with Gasteiger partial charge in [0.25, 0.3) is 0 Å². The van der Waals surface area contributed by atoms with Gasteiger partial charge in [-0.15, -0.1) is 0 Å². The maximum atomic E-state index is 11.9. The van der Waals surface area contributed by atoms with Crippen LogP contribution in [0.4, 0.5) is 11.5 Å². The zero-order valence-corrected chi connectivity index (χ0v) is 17.2. The van der Waals surface area contributed by atoms with E-state index in [4.69, 9.17) is 4.74 Å². The van der Waals surface area contributed by atoms with Crippen molar-refractivity contribution >= 4 is 44.3 Å². The Labute approximate surface area is 178 Å². The minimum atomic E-state index is -0.856. The van der Waals surface area contributed by atoms with Gasteiger partial charge in [-0.2, -0.15) is 4.98 Å². The highest BCUT2D eigenvalue weighted by Crippen LogP contribution is 2.39. The molecule has 0 spiro atoms. The third-order valence-electron chi connectivity index (χ3n) is 4.98. The summed E-state index contributed by atoms with van der Waals surface area (Å²) in [5, 5.41) is 21.8. The molecule has 0 atom stereocenters. The Morgan fingerprint density at radius 1 is 1.23 bits per heavy atom. The SMILES string of the molecule is O=C(O)C1CCN(c2ncnc(Oc3ccc(Br)c4cccnc34)c2[N+](=O)[O-])CC1. The van der Waals surface area contributed by atoms with Gasteiger partial charge in [-0.25, -0.2) is 4.98 Å². The molecule has 0 amide bonds. The monoisotopic (exact) mass is 473 g/mol. The van der Waals surface area contributed by atoms with Gasteiger partial charge in [0.2, 0.25) is 5.82 Å². The Hall–Kier alpha value is -3.34. The number of ether oxygens (including phenoxy) is 1. The summed E-state index contributed by atoms with van der Waals surface area (Å²) in [6.45, 7) is 0.689. The molecule has 0 unspecified atom stereocenters. The molecule has 1 aromatic carbocycles. The molecule has 154 valence electrons. The molecule has 1 fully saturated rings. The number of hydrogen-bond donors (Lipinski definition) is 1. The quantitative estimate of drug-likeness (QED) is 0.433. The largest absolute Gasteiger partial charge is 0.481 e. The Kier molecular flexibility index (Phi) is 5.44. The van der Waals surface area contributed by atoms with Crippen LogP contribution in [0, 0.1) is 16.0 Å². The van der Waals surface area contributed by atoms with Crippen molar-refractivity contribution in [3.8, 4) is 11.6 Å². The summed E-state index contributed by atoms with van der Waals surface area (Å²) >= 11 is 3.45. The fourth-order valence-corrected chi connectivity index (χ4v) is 3.91. The number of hydrogen-bond acceptors (Lipinski definition) is 8. The Morgan fingerprint density at radius 2 is 2.00 bits per heavy atom. The summed E-state index contributed by atoms with van der Waals surface area (Å²) < 4.78 is 6.65. The van der Waals surface area contributed by atoms with Crippen LogP contribution < -0.4 is 9.64 Å². The van der Waals surface area contributed by atoms with Crippen molar-refractivity contribution in [3.63, 3.8) is 0 Å². The predicted octanol–water partition coefficient (Wildman–Crippen LogP) is 3.79. The third-order valence-corrected chi connectivity index (χ3v) is 5.67. The number of anilines is 1. The average molecular weight is 474 g/mol. The number of rotatable bonds is 5. The van der Waals surface area contributed by atoms with E-state index < -0.39 is 16.8 Å². The number of benzene rings is 1. The van der Waals surface area contributed by atoms with Gasteiger partial charge in [0.15, 0.2) is 5.75 Å². The first kappa shape index (κ1) is 20.0. The normalized spacial score (nSPS) is 14.6. The Bertz CT molecular complexity index is 1130. The van der Waals surface area contributed by atoms with Crippen LogP contribution in [0.1, 0.15) is 12.8 Å². The molecule has 0 radical (unpaired) electrons. The van der Waals surface area contributed by atoms with Crippen LogP contribution in [0.5, 0.6) is 11.6 Å². The van der Waals surface area contributed by atoms with Crippen LogP contribution in [-0.2, 0) is 4.79 Å². The first-order chi connectivity index (χ1) is 14.5. The second kappa shape index (κ2) is 8.19. The minimum absolute atomic E-state index is 0.114. The van der Waals surface area contributed by atoms with Crippen molar-refractivity contribution in [2.75, 3.05) is 18.0 Å². The number of halogens is 1. The fraction of sp³-hybridized carbons (Fsp3) is 0.263. The van der Waals surface area contributed by atoms with Crippen LogP contribution in [0.15, 0.2) is 41.3 Å². The number of aromatic nitrogens is 3. The summed E-state index contributed by atoms with van der Waals surface area (Å²) in [7, 11) is 0. The minimum Gasteiger partial charge on any atom is -0.481 e. The van der Waals surface area contributed by atoms with Crippen LogP contribution in [0.25, 0.3) is 10.9 Å². The first-order valence-electron chi connectivity index (χ1n) is 9.14. The van der Waals surface area contributed by atoms with E-state index in [-0.39, 0.29) is 17.4 Å². The van der Waals surface area contributed by atoms with E-state index in [1.807, 2.05) is 6.07 Å². The summed E-state index contributed by atoms with van der Waals surface area (Å²) in [6, 6.07) is 7.06. The lowest BCUT2D eigenvalue weighted by molar-refractivity contribution is -0.385. The van der Waals surface area contributed by atoms with Gasteiger partial charge >= 0.3 is 17.5 Å². The molecule has 0 bridgehead atoms. The number of carbonyl (C=O) groups is 1. The summed E-state index contributed by atoms with van der Waals surface area (Å²) in [4.78, 5) is 36.6. The predicted molar refractivity (Wildman–Crippen MR) is 111 cm³/mol. The van der Waals surface area contributed by atoms with E-state index in [1.54, 1.807) is 29.3 Å². The molecule has 1 saturated heterocycles. The molecule has 4 rings (SSSR count). The van der Waals surface area contributed by atoms with E-state index >= 15 is 0 Å². The number of nitro groups is 1. The summed E-state index contributed by atoms with van der Waals surface area (Å²) in [5.41, 5.74) is 0.168. The van der Waals surface area contributed by atoms with E-state index in [2.05, 4.69) is 30.9 Å². The molecule has 2 aromatic heterocycles. The molecule has 30 heavy (non-hydrogen) atoms. The highest BCUT2D eigenvalue weighted by atomic mass is 79.9. The van der Waals surface area contributed by atoms with Crippen molar-refractivity contribution in [2.45, 2.75) is 12.8 Å². The van der Waals surface area contributed by atoms with Crippen molar-refractivity contribution in [2.24, 2.45) is 5.92 Å². The van der Waals surface area contributed by atoms with Gasteiger partial charge in [0.05, 0.1) is 10.8 Å². The van der Waals surface area contributed by atoms with Gasteiger partial charge < -0.3 is 14.7 Å². The summed E-state index contributed by atoms with van der Waals surface area (Å²) in [6.07, 6.45) is 3.57. The Balaban J connectivity index is 1.71. The molecule has 0 saturated carbocycles. The number of carboxylic acids is 1. The van der Waals surface area contributed by atoms with Crippen LogP contribution in [0.2, 0.25) is 0 Å². The second-order valence-corrected chi connectivity index (χ2v) is 7.61. The van der Waals surface area contributed by atoms with E-state index in [9.17, 15) is 20.0 Å². The van der Waals surface area contributed by atoms with E-state index in [1.165, 1.54) is 6.33 Å². The van der Waals surface area contributed by atoms with Crippen LogP contribution >= 0.6 is 15.9 Å². The van der Waals surface area contributed by atoms with Crippen molar-refractivity contribution in [3.05, 3.63) is 51.4 Å². The van der Waals surface area contributed by atoms with Gasteiger partial charge in [-0.3, -0.25) is 19.9 Å². The molecule has 1 aliphatic heterocycles. The lowest BCUT2D eigenvalue weighted by atomic mass is 9.97. The fourth-order valence-electron chi connectivity index (χ4n) is 3.46. The highest BCUT2D eigenvalue weighted by molar-refractivity contribution is 9.10. The molecule has 11 heteroatoms. The third kappa shape index (κ3) is 3.75. The number of carboxylic acid groups (broad SMARTS) is 1. The maximum absolute atomic E-state index is 11.9. The highest BCUT2D eigenvalue weighted by Gasteiger charge is 2.32.